The van der Waals surface area contributed by atoms with Crippen molar-refractivity contribution in [1.29, 1.82) is 0 Å². The van der Waals surface area contributed by atoms with E-state index in [1.807, 2.05) is 11.9 Å². The fourth-order valence-electron chi connectivity index (χ4n) is 6.37. The number of aromatic nitrogens is 2. The highest BCUT2D eigenvalue weighted by Gasteiger charge is 2.51. The molecular formula is C21H34N4O. The molecule has 5 rings (SSSR count). The third-order valence-corrected chi connectivity index (χ3v) is 7.29. The zero-order chi connectivity index (χ0) is 18.5. The second-order valence-corrected chi connectivity index (χ2v) is 9.26. The smallest absolute Gasteiger partial charge is 0.317 e. The Kier molecular flexibility index (Phi) is 4.52. The van der Waals surface area contributed by atoms with E-state index in [1.165, 1.54) is 49.8 Å². The molecule has 4 saturated carbocycles. The Labute approximate surface area is 157 Å². The SMILES string of the molecule is CCn1nc(C)c(CCN(C)C(=O)NC23CC4CC(CC(C4)C2)C3)c1C. The van der Waals surface area contributed by atoms with E-state index >= 15 is 0 Å². The van der Waals surface area contributed by atoms with Gasteiger partial charge in [-0.25, -0.2) is 4.79 Å². The van der Waals surface area contributed by atoms with Gasteiger partial charge < -0.3 is 10.2 Å². The molecule has 5 heteroatoms. The molecule has 4 aliphatic rings. The summed E-state index contributed by atoms with van der Waals surface area (Å²) in [5.74, 6) is 2.58. The summed E-state index contributed by atoms with van der Waals surface area (Å²) in [6.07, 6.45) is 8.73. The van der Waals surface area contributed by atoms with E-state index in [1.54, 1.807) is 0 Å². The molecule has 0 unspecified atom stereocenters. The van der Waals surface area contributed by atoms with Crippen LogP contribution in [0.15, 0.2) is 0 Å². The molecule has 0 atom stereocenters. The summed E-state index contributed by atoms with van der Waals surface area (Å²) in [5.41, 5.74) is 3.72. The molecule has 1 aromatic rings. The van der Waals surface area contributed by atoms with Crippen LogP contribution in [0.5, 0.6) is 0 Å². The van der Waals surface area contributed by atoms with Gasteiger partial charge in [0.15, 0.2) is 0 Å². The zero-order valence-electron chi connectivity index (χ0n) is 16.8. The van der Waals surface area contributed by atoms with Gasteiger partial charge in [-0.3, -0.25) is 4.68 Å². The summed E-state index contributed by atoms with van der Waals surface area (Å²) in [6.45, 7) is 7.97. The van der Waals surface area contributed by atoms with Gasteiger partial charge in [0.1, 0.15) is 0 Å². The van der Waals surface area contributed by atoms with Gasteiger partial charge in [0.2, 0.25) is 0 Å². The summed E-state index contributed by atoms with van der Waals surface area (Å²) >= 11 is 0. The Morgan fingerprint density at radius 1 is 1.19 bits per heavy atom. The standard InChI is InChI=1S/C21H34N4O/c1-5-25-15(3)19(14(2)23-25)6-7-24(4)20(26)22-21-11-16-8-17(12-21)10-18(9-16)13-21/h16-18H,5-13H2,1-4H3,(H,22,26). The van der Waals surface area contributed by atoms with Crippen molar-refractivity contribution in [3.05, 3.63) is 17.0 Å². The minimum Gasteiger partial charge on any atom is -0.333 e. The average molecular weight is 359 g/mol. The lowest BCUT2D eigenvalue weighted by molar-refractivity contribution is -0.0152. The Morgan fingerprint density at radius 2 is 1.77 bits per heavy atom. The average Bonchev–Trinajstić information content (AvgIpc) is 2.84. The number of hydrogen-bond donors (Lipinski definition) is 1. The number of aryl methyl sites for hydroxylation is 2. The van der Waals surface area contributed by atoms with E-state index in [2.05, 4.69) is 35.9 Å². The van der Waals surface area contributed by atoms with Crippen molar-refractivity contribution >= 4 is 6.03 Å². The highest BCUT2D eigenvalue weighted by molar-refractivity contribution is 5.75. The molecule has 5 nitrogen and oxygen atoms in total. The van der Waals surface area contributed by atoms with Gasteiger partial charge in [-0.15, -0.1) is 0 Å². The topological polar surface area (TPSA) is 50.2 Å². The van der Waals surface area contributed by atoms with Crippen LogP contribution < -0.4 is 5.32 Å². The van der Waals surface area contributed by atoms with Crippen molar-refractivity contribution in [2.45, 2.75) is 77.8 Å². The fourth-order valence-corrected chi connectivity index (χ4v) is 6.37. The lowest BCUT2D eigenvalue weighted by Crippen LogP contribution is -2.61. The Bertz CT molecular complexity index is 657. The lowest BCUT2D eigenvalue weighted by Gasteiger charge is -2.57. The number of carbonyl (C=O) groups is 1. The summed E-state index contributed by atoms with van der Waals surface area (Å²) < 4.78 is 2.06. The first kappa shape index (κ1) is 17.9. The first-order valence-corrected chi connectivity index (χ1v) is 10.5. The molecule has 26 heavy (non-hydrogen) atoms. The number of rotatable bonds is 5. The van der Waals surface area contributed by atoms with Crippen LogP contribution in [0.2, 0.25) is 0 Å². The van der Waals surface area contributed by atoms with Crippen LogP contribution in [0.25, 0.3) is 0 Å². The minimum absolute atomic E-state index is 0.0963. The number of nitrogens with one attached hydrogen (secondary N) is 1. The van der Waals surface area contributed by atoms with Crippen LogP contribution in [0.3, 0.4) is 0 Å². The largest absolute Gasteiger partial charge is 0.333 e. The maximum Gasteiger partial charge on any atom is 0.317 e. The van der Waals surface area contributed by atoms with Crippen LogP contribution in [0.1, 0.15) is 62.4 Å². The van der Waals surface area contributed by atoms with Gasteiger partial charge in [0.25, 0.3) is 0 Å². The first-order chi connectivity index (χ1) is 12.4. The van der Waals surface area contributed by atoms with Crippen LogP contribution in [0.4, 0.5) is 4.79 Å². The maximum absolute atomic E-state index is 12.9. The van der Waals surface area contributed by atoms with Crippen LogP contribution in [-0.2, 0) is 13.0 Å². The van der Waals surface area contributed by atoms with Gasteiger partial charge in [0, 0.05) is 31.4 Å². The molecule has 0 aromatic carbocycles. The molecule has 0 radical (unpaired) electrons. The molecule has 4 fully saturated rings. The quantitative estimate of drug-likeness (QED) is 0.873. The summed E-state index contributed by atoms with van der Waals surface area (Å²) in [7, 11) is 1.94. The lowest BCUT2D eigenvalue weighted by atomic mass is 9.53. The highest BCUT2D eigenvalue weighted by Crippen LogP contribution is 2.55. The summed E-state index contributed by atoms with van der Waals surface area (Å²) in [4.78, 5) is 14.7. The number of carbonyl (C=O) groups excluding carboxylic acids is 1. The molecule has 0 aliphatic heterocycles. The van der Waals surface area contributed by atoms with Crippen molar-refractivity contribution in [3.8, 4) is 0 Å². The molecular weight excluding hydrogens is 324 g/mol. The molecule has 4 bridgehead atoms. The van der Waals surface area contributed by atoms with Crippen molar-refractivity contribution in [1.82, 2.24) is 20.0 Å². The second kappa shape index (κ2) is 6.58. The minimum atomic E-state index is 0.0963. The molecule has 144 valence electrons. The number of urea groups is 1. The predicted octanol–water partition coefficient (Wildman–Crippen LogP) is 3.67. The van der Waals surface area contributed by atoms with Gasteiger partial charge in [-0.1, -0.05) is 0 Å². The molecule has 1 aromatic heterocycles. The molecule has 2 amide bonds. The van der Waals surface area contributed by atoms with Crippen molar-refractivity contribution < 1.29 is 4.79 Å². The Morgan fingerprint density at radius 3 is 2.27 bits per heavy atom. The van der Waals surface area contributed by atoms with E-state index in [-0.39, 0.29) is 11.6 Å². The van der Waals surface area contributed by atoms with Crippen LogP contribution in [-0.4, -0.2) is 39.8 Å². The second-order valence-electron chi connectivity index (χ2n) is 9.26. The van der Waals surface area contributed by atoms with Crippen molar-refractivity contribution in [3.63, 3.8) is 0 Å². The number of amides is 2. The first-order valence-electron chi connectivity index (χ1n) is 10.5. The molecule has 1 N–H and O–H groups in total. The van der Waals surface area contributed by atoms with E-state index in [0.717, 1.165) is 43.0 Å². The normalized spacial score (nSPS) is 32.1. The zero-order valence-corrected chi connectivity index (χ0v) is 16.8. The van der Waals surface area contributed by atoms with E-state index in [4.69, 9.17) is 0 Å². The third kappa shape index (κ3) is 3.14. The van der Waals surface area contributed by atoms with E-state index in [0.29, 0.717) is 0 Å². The van der Waals surface area contributed by atoms with Gasteiger partial charge in [-0.05, 0) is 89.0 Å². The van der Waals surface area contributed by atoms with Crippen molar-refractivity contribution in [2.75, 3.05) is 13.6 Å². The van der Waals surface area contributed by atoms with Gasteiger partial charge in [0.05, 0.1) is 5.69 Å². The van der Waals surface area contributed by atoms with Crippen molar-refractivity contribution in [2.24, 2.45) is 17.8 Å². The van der Waals surface area contributed by atoms with E-state index < -0.39 is 0 Å². The van der Waals surface area contributed by atoms with E-state index in [9.17, 15) is 4.79 Å². The molecule has 1 heterocycles. The van der Waals surface area contributed by atoms with Gasteiger partial charge in [-0.2, -0.15) is 5.10 Å². The summed E-state index contributed by atoms with van der Waals surface area (Å²) in [6, 6.07) is 0.116. The monoisotopic (exact) mass is 358 g/mol. The fraction of sp³-hybridized carbons (Fsp3) is 0.810. The predicted molar refractivity (Wildman–Crippen MR) is 103 cm³/mol. The number of hydrogen-bond acceptors (Lipinski definition) is 2. The number of likely N-dealkylation sites (N-methyl/N-ethyl adjacent to an activating group) is 1. The molecule has 0 saturated heterocycles. The van der Waals surface area contributed by atoms with Crippen LogP contribution >= 0.6 is 0 Å². The molecule has 0 spiro atoms. The maximum atomic E-state index is 12.9. The number of nitrogens with zero attached hydrogens (tertiary/aromatic N) is 3. The molecule has 4 aliphatic carbocycles. The Hall–Kier alpha value is -1.52. The van der Waals surface area contributed by atoms with Crippen LogP contribution in [0, 0.1) is 31.6 Å². The highest BCUT2D eigenvalue weighted by atomic mass is 16.2. The van der Waals surface area contributed by atoms with Gasteiger partial charge >= 0.3 is 6.03 Å². The third-order valence-electron chi connectivity index (χ3n) is 7.29. The summed E-state index contributed by atoms with van der Waals surface area (Å²) in [5, 5.41) is 8.07. The Balaban J connectivity index is 1.36.